The van der Waals surface area contributed by atoms with E-state index >= 15 is 0 Å². The first kappa shape index (κ1) is 11.6. The molecule has 74 valence electrons. The van der Waals surface area contributed by atoms with Crippen LogP contribution in [0.2, 0.25) is 0 Å². The fourth-order valence-electron chi connectivity index (χ4n) is 0.544. The van der Waals surface area contributed by atoms with E-state index in [1.165, 1.54) is 0 Å². The maximum Gasteiger partial charge on any atom is 0.391 e. The van der Waals surface area contributed by atoms with Gasteiger partial charge in [-0.3, -0.25) is 0 Å². The van der Waals surface area contributed by atoms with Crippen LogP contribution in [0.15, 0.2) is 0 Å². The van der Waals surface area contributed by atoms with Crippen molar-refractivity contribution in [1.29, 1.82) is 0 Å². The molecule has 6 heteroatoms. The topological polar surface area (TPSA) is 0 Å². The van der Waals surface area contributed by atoms with Gasteiger partial charge in [0.1, 0.15) is 0 Å². The quantitative estimate of drug-likeness (QED) is 0.590. The Balaban J connectivity index is 3.80. The molecule has 1 atom stereocenters. The maximum atomic E-state index is 11.7. The van der Waals surface area contributed by atoms with Crippen LogP contribution in [0, 0.1) is 5.92 Å². The van der Waals surface area contributed by atoms with Gasteiger partial charge in [-0.25, -0.2) is 0 Å². The van der Waals surface area contributed by atoms with Crippen molar-refractivity contribution in [3.05, 3.63) is 0 Å². The lowest BCUT2D eigenvalue weighted by atomic mass is 10.1. The van der Waals surface area contributed by atoms with Gasteiger partial charge in [0.2, 0.25) is 0 Å². The van der Waals surface area contributed by atoms with Crippen molar-refractivity contribution < 1.29 is 26.3 Å². The average molecular weight is 194 g/mol. The summed E-state index contributed by atoms with van der Waals surface area (Å²) in [5.41, 5.74) is 0. The molecule has 0 N–H and O–H groups in total. The first-order valence-electron chi connectivity index (χ1n) is 3.26. The van der Waals surface area contributed by atoms with Crippen LogP contribution in [0.3, 0.4) is 0 Å². The van der Waals surface area contributed by atoms with Crippen molar-refractivity contribution >= 4 is 0 Å². The SMILES string of the molecule is CC(CCC(F)(F)F)C(F)(F)F. The van der Waals surface area contributed by atoms with E-state index in [0.29, 0.717) is 0 Å². The van der Waals surface area contributed by atoms with E-state index in [0.717, 1.165) is 6.92 Å². The van der Waals surface area contributed by atoms with Gasteiger partial charge in [0.25, 0.3) is 0 Å². The Labute approximate surface area is 65.6 Å². The van der Waals surface area contributed by atoms with E-state index in [1.54, 1.807) is 0 Å². The van der Waals surface area contributed by atoms with Crippen LogP contribution in [0.5, 0.6) is 0 Å². The molecule has 0 saturated heterocycles. The smallest absolute Gasteiger partial charge is 0.171 e. The molecule has 12 heavy (non-hydrogen) atoms. The lowest BCUT2D eigenvalue weighted by Crippen LogP contribution is -2.22. The minimum absolute atomic E-state index is 0.742. The molecule has 0 bridgehead atoms. The normalized spacial score (nSPS) is 16.2. The van der Waals surface area contributed by atoms with E-state index in [2.05, 4.69) is 0 Å². The minimum atomic E-state index is -4.52. The van der Waals surface area contributed by atoms with Gasteiger partial charge in [0.05, 0.1) is 5.92 Å². The Hall–Kier alpha value is -0.420. The number of rotatable bonds is 2. The summed E-state index contributed by atoms with van der Waals surface area (Å²) in [6, 6.07) is 0. The minimum Gasteiger partial charge on any atom is -0.171 e. The molecule has 0 nitrogen and oxygen atoms in total. The van der Waals surface area contributed by atoms with Crippen molar-refractivity contribution in [2.45, 2.75) is 32.1 Å². The molecule has 1 unspecified atom stereocenters. The first-order chi connectivity index (χ1) is 5.13. The molecule has 0 fully saturated rings. The number of halogens is 6. The molecule has 0 amide bonds. The second kappa shape index (κ2) is 3.53. The summed E-state index contributed by atoms with van der Waals surface area (Å²) >= 11 is 0. The predicted octanol–water partition coefficient (Wildman–Crippen LogP) is 3.53. The van der Waals surface area contributed by atoms with Crippen LogP contribution in [-0.2, 0) is 0 Å². The highest BCUT2D eigenvalue weighted by atomic mass is 19.4. The Morgan fingerprint density at radius 3 is 1.67 bits per heavy atom. The largest absolute Gasteiger partial charge is 0.391 e. The van der Waals surface area contributed by atoms with Gasteiger partial charge >= 0.3 is 12.4 Å². The number of hydrogen-bond donors (Lipinski definition) is 0. The lowest BCUT2D eigenvalue weighted by molar-refractivity contribution is -0.184. The molecule has 0 spiro atoms. The third-order valence-corrected chi connectivity index (χ3v) is 1.42. The Bertz CT molecular complexity index is 132. The zero-order valence-corrected chi connectivity index (χ0v) is 6.26. The third kappa shape index (κ3) is 5.26. The second-order valence-electron chi connectivity index (χ2n) is 2.60. The molecule has 0 radical (unpaired) electrons. The standard InChI is InChI=1S/C6H8F6/c1-4(6(10,11)12)2-3-5(7,8)9/h4H,2-3H2,1H3. The van der Waals surface area contributed by atoms with Gasteiger partial charge in [0.15, 0.2) is 0 Å². The van der Waals surface area contributed by atoms with Crippen molar-refractivity contribution in [2.24, 2.45) is 5.92 Å². The molecule has 0 rings (SSSR count). The van der Waals surface area contributed by atoms with Crippen LogP contribution in [0.1, 0.15) is 19.8 Å². The average Bonchev–Trinajstić information content (AvgIpc) is 1.78. The summed E-state index contributed by atoms with van der Waals surface area (Å²) in [6.45, 7) is 0.742. The highest BCUT2D eigenvalue weighted by Crippen LogP contribution is 2.32. The molecule has 0 heterocycles. The van der Waals surface area contributed by atoms with Crippen LogP contribution >= 0.6 is 0 Å². The second-order valence-corrected chi connectivity index (χ2v) is 2.60. The molecule has 0 aliphatic rings. The Kier molecular flexibility index (Phi) is 3.41. The van der Waals surface area contributed by atoms with E-state index in [-0.39, 0.29) is 0 Å². The van der Waals surface area contributed by atoms with Gasteiger partial charge in [-0.1, -0.05) is 6.92 Å². The summed E-state index contributed by atoms with van der Waals surface area (Å²) < 4.78 is 69.3. The van der Waals surface area contributed by atoms with E-state index in [4.69, 9.17) is 0 Å². The van der Waals surface area contributed by atoms with Gasteiger partial charge < -0.3 is 0 Å². The lowest BCUT2D eigenvalue weighted by Gasteiger charge is -2.15. The Morgan fingerprint density at radius 1 is 1.00 bits per heavy atom. The maximum absolute atomic E-state index is 11.7. The molecule has 0 aliphatic carbocycles. The summed E-state index contributed by atoms with van der Waals surface area (Å²) in [5.74, 6) is -1.89. The third-order valence-electron chi connectivity index (χ3n) is 1.42. The summed E-state index contributed by atoms with van der Waals surface area (Å²) in [4.78, 5) is 0. The van der Waals surface area contributed by atoms with Crippen molar-refractivity contribution in [2.75, 3.05) is 0 Å². The highest BCUT2D eigenvalue weighted by Gasteiger charge is 2.38. The first-order valence-corrected chi connectivity index (χ1v) is 3.26. The number of alkyl halides is 6. The molecule has 0 aliphatic heterocycles. The van der Waals surface area contributed by atoms with Crippen molar-refractivity contribution in [3.8, 4) is 0 Å². The fraction of sp³-hybridized carbons (Fsp3) is 1.00. The van der Waals surface area contributed by atoms with Crippen LogP contribution < -0.4 is 0 Å². The summed E-state index contributed by atoms with van der Waals surface area (Å²) in [5, 5.41) is 0. The van der Waals surface area contributed by atoms with Gasteiger partial charge in [-0.05, 0) is 6.42 Å². The highest BCUT2D eigenvalue weighted by molar-refractivity contribution is 4.64. The zero-order chi connectivity index (χ0) is 9.99. The van der Waals surface area contributed by atoms with Crippen molar-refractivity contribution in [1.82, 2.24) is 0 Å². The van der Waals surface area contributed by atoms with Crippen LogP contribution in [-0.4, -0.2) is 12.4 Å². The molecular weight excluding hydrogens is 186 g/mol. The summed E-state index contributed by atoms with van der Waals surface area (Å²) in [7, 11) is 0. The van der Waals surface area contributed by atoms with Crippen LogP contribution in [0.25, 0.3) is 0 Å². The van der Waals surface area contributed by atoms with E-state index in [9.17, 15) is 26.3 Å². The fourth-order valence-corrected chi connectivity index (χ4v) is 0.544. The predicted molar refractivity (Wildman–Crippen MR) is 30.5 cm³/mol. The number of hydrogen-bond acceptors (Lipinski definition) is 0. The molecule has 0 aromatic carbocycles. The van der Waals surface area contributed by atoms with Crippen molar-refractivity contribution in [3.63, 3.8) is 0 Å². The van der Waals surface area contributed by atoms with E-state index < -0.39 is 31.1 Å². The van der Waals surface area contributed by atoms with Gasteiger partial charge in [-0.2, -0.15) is 26.3 Å². The van der Waals surface area contributed by atoms with Crippen LogP contribution in [0.4, 0.5) is 26.3 Å². The molecule has 0 saturated carbocycles. The summed E-state index contributed by atoms with van der Waals surface area (Å²) in [6.07, 6.45) is -11.3. The molecule has 0 aromatic heterocycles. The Morgan fingerprint density at radius 2 is 1.42 bits per heavy atom. The van der Waals surface area contributed by atoms with E-state index in [1.807, 2.05) is 0 Å². The zero-order valence-electron chi connectivity index (χ0n) is 6.26. The molecule has 0 aromatic rings. The monoisotopic (exact) mass is 194 g/mol. The molecular formula is C6H8F6. The van der Waals surface area contributed by atoms with Gasteiger partial charge in [-0.15, -0.1) is 0 Å². The van der Waals surface area contributed by atoms with Gasteiger partial charge in [0, 0.05) is 6.42 Å².